The summed E-state index contributed by atoms with van der Waals surface area (Å²) in [6.07, 6.45) is 1.56. The summed E-state index contributed by atoms with van der Waals surface area (Å²) in [5.74, 6) is -6.27. The zero-order chi connectivity index (χ0) is 25.3. The maximum atomic E-state index is 13.8. The molecule has 0 bridgehead atoms. The number of nitrogens with two attached hydrogens (primary N) is 1. The fourth-order valence-electron chi connectivity index (χ4n) is 6.04. The molecule has 0 spiro atoms. The summed E-state index contributed by atoms with van der Waals surface area (Å²) in [4.78, 5) is 40.4. The lowest BCUT2D eigenvalue weighted by molar-refractivity contribution is -0.153. The van der Waals surface area contributed by atoms with E-state index in [9.17, 15) is 34.8 Å². The van der Waals surface area contributed by atoms with Gasteiger partial charge in [-0.05, 0) is 62.4 Å². The van der Waals surface area contributed by atoms with Crippen LogP contribution in [-0.2, 0) is 33.6 Å². The number of benzene rings is 1. The van der Waals surface area contributed by atoms with Crippen LogP contribution in [0.1, 0.15) is 42.5 Å². The van der Waals surface area contributed by atoms with E-state index in [0.29, 0.717) is 24.8 Å². The van der Waals surface area contributed by atoms with E-state index in [1.54, 1.807) is 14.1 Å². The molecule has 1 saturated carbocycles. The molecule has 0 aromatic heterocycles. The maximum absolute atomic E-state index is 13.8. The zero-order valence-corrected chi connectivity index (χ0v) is 19.7. The molecule has 0 heterocycles. The van der Waals surface area contributed by atoms with Crippen LogP contribution in [0.4, 0.5) is 0 Å². The topological polar surface area (TPSA) is 161 Å². The van der Waals surface area contributed by atoms with Crippen molar-refractivity contribution in [2.75, 3.05) is 14.1 Å². The molecule has 0 radical (unpaired) electrons. The Morgan fingerprint density at radius 2 is 1.76 bits per heavy atom. The number of carbonyl (C=O) groups excluding carboxylic acids is 3. The number of hydrogen-bond acceptors (Lipinski definition) is 8. The van der Waals surface area contributed by atoms with E-state index >= 15 is 0 Å². The Morgan fingerprint density at radius 1 is 1.15 bits per heavy atom. The number of aryl methyl sites for hydroxylation is 2. The molecule has 1 fully saturated rings. The van der Waals surface area contributed by atoms with Gasteiger partial charge < -0.3 is 26.2 Å². The first-order chi connectivity index (χ1) is 15.9. The summed E-state index contributed by atoms with van der Waals surface area (Å²) < 4.78 is 0. The molecule has 1 aromatic rings. The van der Waals surface area contributed by atoms with E-state index < -0.39 is 58.0 Å². The number of aromatic hydroxyl groups is 1. The molecule has 4 atom stereocenters. The number of rotatable bonds is 4. The monoisotopic (exact) mass is 470 g/mol. The quantitative estimate of drug-likeness (QED) is 0.409. The van der Waals surface area contributed by atoms with Gasteiger partial charge in [-0.2, -0.15) is 0 Å². The van der Waals surface area contributed by atoms with Gasteiger partial charge in [0.25, 0.3) is 5.91 Å². The van der Waals surface area contributed by atoms with E-state index in [0.717, 1.165) is 11.1 Å². The van der Waals surface area contributed by atoms with Crippen molar-refractivity contribution in [1.82, 2.24) is 4.90 Å². The number of phenolic OH excluding ortho intramolecular Hbond substituents is 1. The number of carbonyl (C=O) groups is 3. The number of aliphatic hydroxyl groups excluding tert-OH is 2. The maximum Gasteiger partial charge on any atom is 0.255 e. The third-order valence-corrected chi connectivity index (χ3v) is 7.65. The van der Waals surface area contributed by atoms with Crippen LogP contribution in [0.25, 0.3) is 5.76 Å². The van der Waals surface area contributed by atoms with Crippen LogP contribution in [0, 0.1) is 11.8 Å². The van der Waals surface area contributed by atoms with Gasteiger partial charge >= 0.3 is 0 Å². The molecule has 9 nitrogen and oxygen atoms in total. The predicted molar refractivity (Wildman–Crippen MR) is 123 cm³/mol. The Morgan fingerprint density at radius 3 is 2.29 bits per heavy atom. The van der Waals surface area contributed by atoms with E-state index in [2.05, 4.69) is 0 Å². The second-order valence-corrected chi connectivity index (χ2v) is 9.57. The highest BCUT2D eigenvalue weighted by Gasteiger charge is 2.64. The molecule has 0 unspecified atom stereocenters. The SMILES string of the molecule is CCc1cc(CC)c2c(c1O)C(O)=C1C(=O)[C@@]3(O)C(O)=C(C(N)=O)C(=O)[C@H](N(C)C)[C@H]3C[C@H]1C2. The Kier molecular flexibility index (Phi) is 5.61. The van der Waals surface area contributed by atoms with Crippen molar-refractivity contribution < 1.29 is 34.8 Å². The Bertz CT molecular complexity index is 1200. The normalized spacial score (nSPS) is 28.7. The lowest BCUT2D eigenvalue weighted by Crippen LogP contribution is -2.65. The molecule has 0 aliphatic heterocycles. The molecule has 3 aliphatic rings. The molecule has 3 aliphatic carbocycles. The molecular weight excluding hydrogens is 440 g/mol. The molecule has 182 valence electrons. The molecule has 1 aromatic carbocycles. The van der Waals surface area contributed by atoms with Crippen molar-refractivity contribution in [1.29, 1.82) is 0 Å². The third-order valence-electron chi connectivity index (χ3n) is 7.65. The number of amides is 1. The van der Waals surface area contributed by atoms with Gasteiger partial charge in [-0.15, -0.1) is 0 Å². The van der Waals surface area contributed by atoms with Gasteiger partial charge in [0.1, 0.15) is 22.8 Å². The van der Waals surface area contributed by atoms with Gasteiger partial charge in [0, 0.05) is 11.5 Å². The molecule has 6 N–H and O–H groups in total. The highest BCUT2D eigenvalue weighted by atomic mass is 16.3. The standard InChI is InChI=1S/C25H30N2O7/c1-5-10-7-11(6-2)19(28)16-13(10)8-12-9-14-18(27(3)4)21(30)17(24(26)33)23(32)25(14,34)22(31)15(12)20(16)29/h7,12,14,18,28-29,32,34H,5-6,8-9H2,1-4H3,(H2,26,33)/t12-,14-,18-,25-/m1/s1. The molecule has 9 heteroatoms. The fourth-order valence-corrected chi connectivity index (χ4v) is 6.04. The molecule has 1 amide bonds. The number of primary amides is 1. The first-order valence-electron chi connectivity index (χ1n) is 11.4. The minimum Gasteiger partial charge on any atom is -0.508 e. The van der Waals surface area contributed by atoms with Gasteiger partial charge in [-0.3, -0.25) is 19.3 Å². The summed E-state index contributed by atoms with van der Waals surface area (Å²) >= 11 is 0. The van der Waals surface area contributed by atoms with Crippen LogP contribution < -0.4 is 5.73 Å². The predicted octanol–water partition coefficient (Wildman–Crippen LogP) is 1.09. The second kappa shape index (κ2) is 7.95. The Balaban J connectivity index is 2.00. The van der Waals surface area contributed by atoms with Gasteiger partial charge in [0.15, 0.2) is 11.4 Å². The largest absolute Gasteiger partial charge is 0.508 e. The van der Waals surface area contributed by atoms with Crippen molar-refractivity contribution in [3.8, 4) is 5.75 Å². The Labute approximate surface area is 197 Å². The van der Waals surface area contributed by atoms with Crippen LogP contribution in [0.5, 0.6) is 5.75 Å². The number of aliphatic hydroxyl groups is 3. The first-order valence-corrected chi connectivity index (χ1v) is 11.4. The average Bonchev–Trinajstić information content (AvgIpc) is 2.76. The highest BCUT2D eigenvalue weighted by Crippen LogP contribution is 2.53. The van der Waals surface area contributed by atoms with Crippen molar-refractivity contribution in [3.63, 3.8) is 0 Å². The van der Waals surface area contributed by atoms with Gasteiger partial charge in [-0.25, -0.2) is 0 Å². The van der Waals surface area contributed by atoms with Crippen molar-refractivity contribution in [2.24, 2.45) is 17.6 Å². The van der Waals surface area contributed by atoms with Crippen LogP contribution in [0.2, 0.25) is 0 Å². The summed E-state index contributed by atoms with van der Waals surface area (Å²) in [6.45, 7) is 3.83. The summed E-state index contributed by atoms with van der Waals surface area (Å²) in [7, 11) is 3.15. The van der Waals surface area contributed by atoms with E-state index in [-0.39, 0.29) is 23.3 Å². The molecule has 34 heavy (non-hydrogen) atoms. The van der Waals surface area contributed by atoms with E-state index in [1.165, 1.54) is 4.90 Å². The number of likely N-dealkylation sites (N-methyl/N-ethyl adjacent to an activating group) is 1. The average molecular weight is 471 g/mol. The van der Waals surface area contributed by atoms with Crippen LogP contribution in [0.3, 0.4) is 0 Å². The number of hydrogen-bond donors (Lipinski definition) is 5. The minimum absolute atomic E-state index is 0.0885. The molecular formula is C25H30N2O7. The lowest BCUT2D eigenvalue weighted by atomic mass is 9.57. The number of ketones is 2. The second-order valence-electron chi connectivity index (χ2n) is 9.57. The van der Waals surface area contributed by atoms with Crippen LogP contribution >= 0.6 is 0 Å². The van der Waals surface area contributed by atoms with Crippen molar-refractivity contribution >= 4 is 23.2 Å². The van der Waals surface area contributed by atoms with Crippen LogP contribution in [-0.4, -0.2) is 68.5 Å². The summed E-state index contributed by atoms with van der Waals surface area (Å²) in [5, 5.41) is 44.6. The van der Waals surface area contributed by atoms with Gasteiger partial charge in [0.05, 0.1) is 11.6 Å². The van der Waals surface area contributed by atoms with Crippen molar-refractivity contribution in [3.05, 3.63) is 45.2 Å². The lowest BCUT2D eigenvalue weighted by Gasteiger charge is -2.50. The zero-order valence-electron chi connectivity index (χ0n) is 19.7. The summed E-state index contributed by atoms with van der Waals surface area (Å²) in [5.41, 5.74) is 4.22. The number of fused-ring (bicyclic) bond motifs is 3. The van der Waals surface area contributed by atoms with Gasteiger partial charge in [0.2, 0.25) is 5.78 Å². The number of phenols is 1. The number of nitrogens with zero attached hydrogens (tertiary/aromatic N) is 1. The molecule has 0 saturated heterocycles. The van der Waals surface area contributed by atoms with E-state index in [1.807, 2.05) is 19.9 Å². The third kappa shape index (κ3) is 2.96. The molecule has 4 rings (SSSR count). The highest BCUT2D eigenvalue weighted by molar-refractivity contribution is 6.24. The fraction of sp³-hybridized carbons (Fsp3) is 0.480. The van der Waals surface area contributed by atoms with Crippen molar-refractivity contribution in [2.45, 2.75) is 51.2 Å². The first kappa shape index (κ1) is 24.0. The number of Topliss-reactive ketones (excluding diaryl/α,β-unsaturated/α-hetero) is 2. The Hall–Kier alpha value is -3.17. The smallest absolute Gasteiger partial charge is 0.255 e. The van der Waals surface area contributed by atoms with E-state index in [4.69, 9.17) is 5.73 Å². The van der Waals surface area contributed by atoms with Gasteiger partial charge in [-0.1, -0.05) is 19.9 Å². The summed E-state index contributed by atoms with van der Waals surface area (Å²) in [6, 6.07) is 0.812. The van der Waals surface area contributed by atoms with Crippen LogP contribution in [0.15, 0.2) is 23.0 Å². The minimum atomic E-state index is -2.61.